The lowest BCUT2D eigenvalue weighted by Gasteiger charge is -2.32. The van der Waals surface area contributed by atoms with E-state index < -0.39 is 10.2 Å². The molecule has 0 atom stereocenters. The Morgan fingerprint density at radius 1 is 1.42 bits per heavy atom. The summed E-state index contributed by atoms with van der Waals surface area (Å²) in [5, 5.41) is 0. The Balaban J connectivity index is 2.43. The summed E-state index contributed by atoms with van der Waals surface area (Å²) >= 11 is 0. The molecule has 1 amide bonds. The van der Waals surface area contributed by atoms with Crippen LogP contribution in [0.4, 0.5) is 11.4 Å². The molecule has 2 rings (SSSR count). The van der Waals surface area contributed by atoms with Gasteiger partial charge in [-0.05, 0) is 37.6 Å². The fraction of sp³-hybridized carbons (Fsp3) is 0.417. The van der Waals surface area contributed by atoms with Crippen LogP contribution in [0.5, 0.6) is 0 Å². The third-order valence-electron chi connectivity index (χ3n) is 3.10. The van der Waals surface area contributed by atoms with Crippen molar-refractivity contribution in [3.8, 4) is 0 Å². The summed E-state index contributed by atoms with van der Waals surface area (Å²) in [6, 6.07) is 5.08. The van der Waals surface area contributed by atoms with E-state index in [1.165, 1.54) is 9.21 Å². The molecule has 0 fully saturated rings. The van der Waals surface area contributed by atoms with Crippen molar-refractivity contribution in [1.29, 1.82) is 0 Å². The first-order valence-corrected chi connectivity index (χ1v) is 7.40. The van der Waals surface area contributed by atoms with Crippen LogP contribution >= 0.6 is 0 Å². The molecule has 0 spiro atoms. The van der Waals surface area contributed by atoms with Gasteiger partial charge in [-0.2, -0.15) is 12.7 Å². The number of benzene rings is 1. The van der Waals surface area contributed by atoms with Crippen LogP contribution in [0.1, 0.15) is 19.4 Å². The molecule has 0 saturated carbocycles. The summed E-state index contributed by atoms with van der Waals surface area (Å²) in [6.45, 7) is 3.96. The molecular formula is C12H17N3O3S. The highest BCUT2D eigenvalue weighted by molar-refractivity contribution is 7.90. The Morgan fingerprint density at radius 2 is 2.11 bits per heavy atom. The number of amides is 1. The van der Waals surface area contributed by atoms with Crippen LogP contribution in [0, 0.1) is 0 Å². The molecule has 0 aromatic heterocycles. The van der Waals surface area contributed by atoms with Crippen LogP contribution in [0.2, 0.25) is 0 Å². The number of carbonyl (C=O) groups excluding carboxylic acids is 1. The van der Waals surface area contributed by atoms with Crippen molar-refractivity contribution in [2.45, 2.75) is 26.4 Å². The topological polar surface area (TPSA) is 69.7 Å². The third-order valence-corrected chi connectivity index (χ3v) is 4.75. The fourth-order valence-electron chi connectivity index (χ4n) is 2.00. The number of hydrogen-bond donors (Lipinski definition) is 1. The molecule has 0 unspecified atom stereocenters. The molecule has 19 heavy (non-hydrogen) atoms. The van der Waals surface area contributed by atoms with Crippen LogP contribution in [-0.2, 0) is 21.5 Å². The molecule has 1 aliphatic heterocycles. The van der Waals surface area contributed by atoms with Crippen molar-refractivity contribution >= 4 is 28.0 Å². The highest BCUT2D eigenvalue weighted by atomic mass is 32.2. The summed E-state index contributed by atoms with van der Waals surface area (Å²) in [5.74, 6) is 0. The largest absolute Gasteiger partial charge is 0.318 e. The van der Waals surface area contributed by atoms with Crippen molar-refractivity contribution < 1.29 is 13.2 Å². The quantitative estimate of drug-likeness (QED) is 0.846. The lowest BCUT2D eigenvalue weighted by Crippen LogP contribution is -2.43. The maximum absolute atomic E-state index is 12.0. The van der Waals surface area contributed by atoms with Gasteiger partial charge < -0.3 is 4.90 Å². The second kappa shape index (κ2) is 4.82. The molecule has 1 heterocycles. The molecule has 0 radical (unpaired) electrons. The second-order valence-electron chi connectivity index (χ2n) is 4.80. The molecule has 0 bridgehead atoms. The number of rotatable bonds is 3. The maximum Gasteiger partial charge on any atom is 0.302 e. The van der Waals surface area contributed by atoms with E-state index in [1.807, 2.05) is 19.9 Å². The minimum absolute atomic E-state index is 0.127. The van der Waals surface area contributed by atoms with E-state index in [1.54, 1.807) is 19.2 Å². The summed E-state index contributed by atoms with van der Waals surface area (Å²) in [4.78, 5) is 12.2. The zero-order valence-electron chi connectivity index (χ0n) is 11.1. The molecule has 1 aromatic carbocycles. The van der Waals surface area contributed by atoms with Crippen LogP contribution in [0.15, 0.2) is 18.2 Å². The van der Waals surface area contributed by atoms with Crippen LogP contribution in [-0.4, -0.2) is 32.2 Å². The van der Waals surface area contributed by atoms with Gasteiger partial charge in [0.1, 0.15) is 0 Å². The predicted molar refractivity (Wildman–Crippen MR) is 74.1 cm³/mol. The number of nitrogens with zero attached hydrogens (tertiary/aromatic N) is 2. The first-order valence-electron chi connectivity index (χ1n) is 5.96. The Bertz CT molecular complexity index is 598. The van der Waals surface area contributed by atoms with E-state index in [9.17, 15) is 13.2 Å². The Hall–Kier alpha value is -1.60. The molecule has 0 saturated heterocycles. The number of nitrogens with one attached hydrogen (secondary N) is 1. The third kappa shape index (κ3) is 2.57. The van der Waals surface area contributed by atoms with Gasteiger partial charge in [-0.25, -0.2) is 0 Å². The van der Waals surface area contributed by atoms with Gasteiger partial charge in [-0.15, -0.1) is 0 Å². The van der Waals surface area contributed by atoms with E-state index in [4.69, 9.17) is 0 Å². The van der Waals surface area contributed by atoms with Crippen LogP contribution in [0.3, 0.4) is 0 Å². The molecule has 0 aliphatic carbocycles. The fourth-order valence-corrected chi connectivity index (χ4v) is 3.46. The Kier molecular flexibility index (Phi) is 3.51. The number of hydrogen-bond acceptors (Lipinski definition) is 3. The van der Waals surface area contributed by atoms with Gasteiger partial charge >= 0.3 is 10.2 Å². The van der Waals surface area contributed by atoms with E-state index >= 15 is 0 Å². The first-order chi connectivity index (χ1) is 8.85. The van der Waals surface area contributed by atoms with Gasteiger partial charge in [-0.3, -0.25) is 9.52 Å². The monoisotopic (exact) mass is 283 g/mol. The van der Waals surface area contributed by atoms with Gasteiger partial charge in [0.05, 0.1) is 5.69 Å². The highest BCUT2D eigenvalue weighted by Gasteiger charge is 2.31. The van der Waals surface area contributed by atoms with Gasteiger partial charge in [0.2, 0.25) is 6.41 Å². The number of fused-ring (bicyclic) bond motifs is 1. The van der Waals surface area contributed by atoms with Gasteiger partial charge in [0.25, 0.3) is 0 Å². The summed E-state index contributed by atoms with van der Waals surface area (Å²) in [6.07, 6.45) is 0.717. The van der Waals surface area contributed by atoms with Crippen molar-refractivity contribution in [2.24, 2.45) is 0 Å². The molecule has 1 aromatic rings. The predicted octanol–water partition coefficient (Wildman–Crippen LogP) is 1.16. The maximum atomic E-state index is 12.0. The van der Waals surface area contributed by atoms with Gasteiger partial charge in [0, 0.05) is 25.3 Å². The average Bonchev–Trinajstić information content (AvgIpc) is 2.35. The second-order valence-corrected chi connectivity index (χ2v) is 6.43. The van der Waals surface area contributed by atoms with Crippen molar-refractivity contribution in [1.82, 2.24) is 4.31 Å². The smallest absolute Gasteiger partial charge is 0.302 e. The minimum atomic E-state index is -3.47. The first kappa shape index (κ1) is 13.8. The molecule has 7 heteroatoms. The minimum Gasteiger partial charge on any atom is -0.318 e. The zero-order valence-corrected chi connectivity index (χ0v) is 11.9. The molecular weight excluding hydrogens is 266 g/mol. The van der Waals surface area contributed by atoms with Crippen molar-refractivity contribution in [2.75, 3.05) is 16.7 Å². The molecule has 6 nitrogen and oxygen atoms in total. The Morgan fingerprint density at radius 3 is 2.68 bits per heavy atom. The standard InChI is InChI=1S/C12H17N3O3S/c1-9(2)15-7-10-6-11(14(3)8-16)4-5-12(10)13-19(15,17)18/h4-6,8-9,13H,7H2,1-3H3. The lowest BCUT2D eigenvalue weighted by molar-refractivity contribution is -0.107. The van der Waals surface area contributed by atoms with Crippen molar-refractivity contribution in [3.05, 3.63) is 23.8 Å². The molecule has 1 aliphatic rings. The van der Waals surface area contributed by atoms with Gasteiger partial charge in [-0.1, -0.05) is 0 Å². The van der Waals surface area contributed by atoms with E-state index in [-0.39, 0.29) is 6.04 Å². The van der Waals surface area contributed by atoms with E-state index in [0.717, 1.165) is 17.7 Å². The molecule has 1 N–H and O–H groups in total. The van der Waals surface area contributed by atoms with Crippen LogP contribution < -0.4 is 9.62 Å². The summed E-state index contributed by atoms with van der Waals surface area (Å²) in [5.41, 5.74) is 2.16. The summed E-state index contributed by atoms with van der Waals surface area (Å²) in [7, 11) is -1.82. The lowest BCUT2D eigenvalue weighted by atomic mass is 10.1. The zero-order chi connectivity index (χ0) is 14.2. The summed E-state index contributed by atoms with van der Waals surface area (Å²) < 4.78 is 28.0. The number of anilines is 2. The normalized spacial score (nSPS) is 17.7. The van der Waals surface area contributed by atoms with Crippen LogP contribution in [0.25, 0.3) is 0 Å². The molecule has 104 valence electrons. The van der Waals surface area contributed by atoms with Crippen molar-refractivity contribution in [3.63, 3.8) is 0 Å². The SMILES string of the molecule is CC(C)N1Cc2cc(N(C)C=O)ccc2NS1(=O)=O. The highest BCUT2D eigenvalue weighted by Crippen LogP contribution is 2.30. The van der Waals surface area contributed by atoms with E-state index in [2.05, 4.69) is 4.72 Å². The van der Waals surface area contributed by atoms with Gasteiger partial charge in [0.15, 0.2) is 0 Å². The average molecular weight is 283 g/mol. The number of carbonyl (C=O) groups is 1. The Labute approximate surface area is 113 Å². The van der Waals surface area contributed by atoms with E-state index in [0.29, 0.717) is 12.2 Å².